The highest BCUT2D eigenvalue weighted by molar-refractivity contribution is 6.06. The first-order valence-corrected chi connectivity index (χ1v) is 12.5. The Morgan fingerprint density at radius 2 is 1.64 bits per heavy atom. The van der Waals surface area contributed by atoms with E-state index in [4.69, 9.17) is 9.47 Å². The fourth-order valence-electron chi connectivity index (χ4n) is 7.62. The summed E-state index contributed by atoms with van der Waals surface area (Å²) in [6, 6.07) is 0. The molecule has 0 heterocycles. The predicted octanol–water partition coefficient (Wildman–Crippen LogP) is 5.06. The van der Waals surface area contributed by atoms with Gasteiger partial charge < -0.3 is 9.47 Å². The van der Waals surface area contributed by atoms with E-state index < -0.39 is 23.1 Å². The molecule has 33 heavy (non-hydrogen) atoms. The van der Waals surface area contributed by atoms with Crippen molar-refractivity contribution in [2.45, 2.75) is 86.0 Å². The summed E-state index contributed by atoms with van der Waals surface area (Å²) in [5.41, 5.74) is 0.283. The first kappa shape index (κ1) is 23.9. The summed E-state index contributed by atoms with van der Waals surface area (Å²) in [5.74, 6) is 0.0655. The number of hydrogen-bond acceptors (Lipinski definition) is 6. The first-order valence-electron chi connectivity index (χ1n) is 12.5. The van der Waals surface area contributed by atoms with Gasteiger partial charge in [0.25, 0.3) is 0 Å². The van der Waals surface area contributed by atoms with Gasteiger partial charge in [0.2, 0.25) is 11.5 Å². The van der Waals surface area contributed by atoms with Crippen LogP contribution < -0.4 is 0 Å². The predicted molar refractivity (Wildman–Crippen MR) is 121 cm³/mol. The number of carbonyl (C=O) groups excluding carboxylic acids is 4. The standard InChI is InChI=1S/C27H36O6/c1-6-22(30)32-24-21(29)14-16-8-9-17-19-11-10-18(15(3)28)26(19,4)13-12-20(17)27(16,5)25(24)33-23(31)7-2/h14,17-20H,6-13H2,1-5H3/t17-,18+,19-,20-,26+,27-/m0/s1. The van der Waals surface area contributed by atoms with Gasteiger partial charge in [-0.05, 0) is 81.6 Å². The van der Waals surface area contributed by atoms with Gasteiger partial charge in [0.1, 0.15) is 5.78 Å². The average Bonchev–Trinajstić information content (AvgIpc) is 3.14. The summed E-state index contributed by atoms with van der Waals surface area (Å²) in [6.45, 7) is 9.44. The van der Waals surface area contributed by atoms with Crippen LogP contribution in [0.1, 0.15) is 86.0 Å². The molecule has 4 aliphatic rings. The Morgan fingerprint density at radius 3 is 2.27 bits per heavy atom. The molecule has 6 nitrogen and oxygen atoms in total. The Balaban J connectivity index is 1.79. The van der Waals surface area contributed by atoms with Gasteiger partial charge in [-0.1, -0.05) is 26.3 Å². The van der Waals surface area contributed by atoms with Gasteiger partial charge >= 0.3 is 11.9 Å². The second-order valence-corrected chi connectivity index (χ2v) is 10.8. The number of fused-ring (bicyclic) bond motifs is 5. The number of esters is 2. The van der Waals surface area contributed by atoms with Crippen LogP contribution in [-0.2, 0) is 28.7 Å². The lowest BCUT2D eigenvalue weighted by molar-refractivity contribution is -0.148. The van der Waals surface area contributed by atoms with Crippen LogP contribution in [0.15, 0.2) is 23.2 Å². The Bertz CT molecular complexity index is 958. The molecule has 180 valence electrons. The number of Topliss-reactive ketones (excluding diaryl/α,β-unsaturated/α-hetero) is 1. The molecule has 0 aromatic rings. The highest BCUT2D eigenvalue weighted by atomic mass is 16.6. The fraction of sp³-hybridized carbons (Fsp3) is 0.704. The van der Waals surface area contributed by atoms with Crippen LogP contribution in [-0.4, -0.2) is 23.5 Å². The number of carbonyl (C=O) groups is 4. The van der Waals surface area contributed by atoms with Gasteiger partial charge in [0.15, 0.2) is 5.76 Å². The number of hydrogen-bond donors (Lipinski definition) is 0. The SMILES string of the molecule is CCC(=O)OC1=C(OC(=O)CC)[C@@]2(C)C(=CC1=O)CC[C@@H]1[C@@H]2CC[C@]2(C)[C@@H](C(C)=O)CC[C@@H]12. The average molecular weight is 457 g/mol. The largest absolute Gasteiger partial charge is 0.426 e. The molecule has 0 unspecified atom stereocenters. The Labute approximate surface area is 196 Å². The summed E-state index contributed by atoms with van der Waals surface area (Å²) < 4.78 is 11.3. The summed E-state index contributed by atoms with van der Waals surface area (Å²) in [4.78, 5) is 50.0. The van der Waals surface area contributed by atoms with Gasteiger partial charge in [-0.25, -0.2) is 0 Å². The van der Waals surface area contributed by atoms with Crippen LogP contribution >= 0.6 is 0 Å². The van der Waals surface area contributed by atoms with E-state index in [2.05, 4.69) is 13.8 Å². The molecule has 4 rings (SSSR count). The van der Waals surface area contributed by atoms with Crippen LogP contribution in [0.2, 0.25) is 0 Å². The van der Waals surface area contributed by atoms with Crippen molar-refractivity contribution in [1.29, 1.82) is 0 Å². The minimum Gasteiger partial charge on any atom is -0.426 e. The van der Waals surface area contributed by atoms with E-state index >= 15 is 0 Å². The topological polar surface area (TPSA) is 86.7 Å². The lowest BCUT2D eigenvalue weighted by Crippen LogP contribution is -2.52. The van der Waals surface area contributed by atoms with Crippen LogP contribution in [0.25, 0.3) is 0 Å². The van der Waals surface area contributed by atoms with E-state index in [-0.39, 0.29) is 47.4 Å². The smallest absolute Gasteiger partial charge is 0.311 e. The Morgan fingerprint density at radius 1 is 0.970 bits per heavy atom. The zero-order valence-electron chi connectivity index (χ0n) is 20.5. The molecular weight excluding hydrogens is 420 g/mol. The van der Waals surface area contributed by atoms with Crippen molar-refractivity contribution in [3.8, 4) is 0 Å². The third-order valence-corrected chi connectivity index (χ3v) is 9.30. The van der Waals surface area contributed by atoms with Gasteiger partial charge in [-0.3, -0.25) is 19.2 Å². The molecule has 6 heteroatoms. The van der Waals surface area contributed by atoms with Crippen LogP contribution in [0, 0.1) is 34.5 Å². The van der Waals surface area contributed by atoms with Gasteiger partial charge in [-0.15, -0.1) is 0 Å². The van der Waals surface area contributed by atoms with E-state index in [0.29, 0.717) is 11.8 Å². The lowest BCUT2D eigenvalue weighted by atomic mass is 9.47. The third kappa shape index (κ3) is 3.60. The highest BCUT2D eigenvalue weighted by Gasteiger charge is 2.62. The molecule has 4 aliphatic carbocycles. The van der Waals surface area contributed by atoms with E-state index in [1.165, 1.54) is 0 Å². The molecule has 0 amide bonds. The molecule has 3 fully saturated rings. The molecule has 6 atom stereocenters. The fourth-order valence-corrected chi connectivity index (χ4v) is 7.62. The van der Waals surface area contributed by atoms with E-state index in [1.54, 1.807) is 26.8 Å². The van der Waals surface area contributed by atoms with Crippen LogP contribution in [0.4, 0.5) is 0 Å². The van der Waals surface area contributed by atoms with Gasteiger partial charge in [0.05, 0.1) is 5.41 Å². The minimum absolute atomic E-state index is 0.00343. The summed E-state index contributed by atoms with van der Waals surface area (Å²) in [6.07, 6.45) is 7.37. The normalized spacial score (nSPS) is 37.5. The van der Waals surface area contributed by atoms with E-state index in [0.717, 1.165) is 44.1 Å². The maximum Gasteiger partial charge on any atom is 0.311 e. The molecule has 0 N–H and O–H groups in total. The van der Waals surface area contributed by atoms with Gasteiger partial charge in [0, 0.05) is 18.8 Å². The summed E-state index contributed by atoms with van der Waals surface area (Å²) in [7, 11) is 0. The molecule has 0 radical (unpaired) electrons. The quantitative estimate of drug-likeness (QED) is 0.537. The molecule has 0 saturated heterocycles. The maximum atomic E-state index is 13.0. The van der Waals surface area contributed by atoms with Crippen molar-refractivity contribution in [3.63, 3.8) is 0 Å². The van der Waals surface area contributed by atoms with Crippen molar-refractivity contribution in [2.24, 2.45) is 34.5 Å². The minimum atomic E-state index is -0.680. The number of allylic oxidation sites excluding steroid dienone is 2. The molecule has 3 saturated carbocycles. The third-order valence-electron chi connectivity index (χ3n) is 9.30. The van der Waals surface area contributed by atoms with Crippen molar-refractivity contribution < 1.29 is 28.7 Å². The van der Waals surface area contributed by atoms with Crippen molar-refractivity contribution >= 4 is 23.5 Å². The molecule has 0 bridgehead atoms. The van der Waals surface area contributed by atoms with Crippen molar-refractivity contribution in [2.75, 3.05) is 0 Å². The number of ketones is 2. The molecular formula is C27H36O6. The molecule has 0 aromatic carbocycles. The Hall–Kier alpha value is -2.24. The zero-order chi connectivity index (χ0) is 24.1. The number of ether oxygens (including phenoxy) is 2. The second-order valence-electron chi connectivity index (χ2n) is 10.8. The van der Waals surface area contributed by atoms with Crippen LogP contribution in [0.3, 0.4) is 0 Å². The highest BCUT2D eigenvalue weighted by Crippen LogP contribution is 2.67. The lowest BCUT2D eigenvalue weighted by Gasteiger charge is -2.57. The zero-order valence-corrected chi connectivity index (χ0v) is 20.5. The first-order chi connectivity index (χ1) is 15.6. The molecule has 0 aromatic heterocycles. The van der Waals surface area contributed by atoms with Crippen molar-refractivity contribution in [3.05, 3.63) is 23.2 Å². The van der Waals surface area contributed by atoms with E-state index in [9.17, 15) is 19.2 Å². The second kappa shape index (κ2) is 8.52. The molecule has 0 spiro atoms. The molecule has 0 aliphatic heterocycles. The van der Waals surface area contributed by atoms with Crippen LogP contribution in [0.5, 0.6) is 0 Å². The van der Waals surface area contributed by atoms with E-state index in [1.807, 2.05) is 0 Å². The Kier molecular flexibility index (Phi) is 6.17. The summed E-state index contributed by atoms with van der Waals surface area (Å²) >= 11 is 0. The van der Waals surface area contributed by atoms with Crippen molar-refractivity contribution in [1.82, 2.24) is 0 Å². The monoisotopic (exact) mass is 456 g/mol. The number of rotatable bonds is 5. The van der Waals surface area contributed by atoms with Gasteiger partial charge in [-0.2, -0.15) is 0 Å². The maximum absolute atomic E-state index is 13.0. The summed E-state index contributed by atoms with van der Waals surface area (Å²) in [5, 5.41) is 0.